The van der Waals surface area contributed by atoms with E-state index in [0.29, 0.717) is 23.4 Å². The van der Waals surface area contributed by atoms with E-state index in [2.05, 4.69) is 35.4 Å². The first-order valence-corrected chi connectivity index (χ1v) is 11.7. The lowest BCUT2D eigenvalue weighted by atomic mass is 9.75. The Hall–Kier alpha value is -2.58. The van der Waals surface area contributed by atoms with Crippen molar-refractivity contribution in [3.8, 4) is 11.4 Å². The lowest BCUT2D eigenvalue weighted by Gasteiger charge is -2.36. The number of hydrogen-bond acceptors (Lipinski definition) is 3. The molecule has 0 saturated heterocycles. The van der Waals surface area contributed by atoms with Gasteiger partial charge in [0, 0.05) is 10.6 Å². The Bertz CT molecular complexity index is 1200. The van der Waals surface area contributed by atoms with Gasteiger partial charge in [-0.25, -0.2) is 13.9 Å². The monoisotopic (exact) mass is 573 g/mol. The number of benzene rings is 2. The molecule has 1 unspecified atom stereocenters. The van der Waals surface area contributed by atoms with Crippen LogP contribution in [0.5, 0.6) is 0 Å². The van der Waals surface area contributed by atoms with Crippen LogP contribution < -0.4 is 28.5 Å². The highest BCUT2D eigenvalue weighted by atomic mass is 127. The molecule has 1 saturated carbocycles. The molecule has 1 aliphatic carbocycles. The predicted octanol–water partition coefficient (Wildman–Crippen LogP) is 3.08. The number of aromatic nitrogens is 2. The predicted molar refractivity (Wildman–Crippen MR) is 129 cm³/mol. The molecule has 1 heterocycles. The molecule has 0 aliphatic heterocycles. The number of esters is 1. The number of azide groups is 1. The minimum atomic E-state index is -0.201. The van der Waals surface area contributed by atoms with E-state index in [1.807, 2.05) is 48.0 Å². The molecule has 1 fully saturated rings. The highest BCUT2D eigenvalue weighted by molar-refractivity contribution is 5.79. The number of imidazole rings is 1. The lowest BCUT2D eigenvalue weighted by Crippen LogP contribution is -3.00. The highest BCUT2D eigenvalue weighted by Gasteiger charge is 2.34. The molecule has 3 atom stereocenters. The zero-order valence-electron chi connectivity index (χ0n) is 20.2. The number of halogens is 1. The first-order valence-electron chi connectivity index (χ1n) is 11.7. The Kier molecular flexibility index (Phi) is 8.60. The maximum absolute atomic E-state index is 13.2. The summed E-state index contributed by atoms with van der Waals surface area (Å²) in [5, 5.41) is 3.66. The zero-order chi connectivity index (χ0) is 23.5. The Balaban J connectivity index is 0.00000324. The van der Waals surface area contributed by atoms with E-state index in [1.165, 1.54) is 6.42 Å². The minimum absolute atomic E-state index is 0. The van der Waals surface area contributed by atoms with Crippen molar-refractivity contribution in [2.75, 3.05) is 0 Å². The normalized spacial score (nSPS) is 20.0. The Morgan fingerprint density at radius 2 is 1.91 bits per heavy atom. The van der Waals surface area contributed by atoms with Crippen LogP contribution in [-0.2, 0) is 23.1 Å². The largest absolute Gasteiger partial charge is 1.00 e. The molecule has 0 spiro atoms. The molecule has 34 heavy (non-hydrogen) atoms. The van der Waals surface area contributed by atoms with Gasteiger partial charge in [-0.1, -0.05) is 56.6 Å². The van der Waals surface area contributed by atoms with Gasteiger partial charge in [-0.2, -0.15) is 0 Å². The van der Waals surface area contributed by atoms with Gasteiger partial charge in [-0.15, -0.1) is 0 Å². The second kappa shape index (κ2) is 11.2. The molecular weight excluding hydrogens is 541 g/mol. The fourth-order valence-electron chi connectivity index (χ4n) is 5.21. The highest BCUT2D eigenvalue weighted by Crippen LogP contribution is 2.35. The van der Waals surface area contributed by atoms with Gasteiger partial charge in [0.1, 0.15) is 6.10 Å². The number of rotatable bonds is 6. The summed E-state index contributed by atoms with van der Waals surface area (Å²) in [5.74, 6) is 2.18. The maximum atomic E-state index is 13.2. The van der Waals surface area contributed by atoms with E-state index in [-0.39, 0.29) is 42.6 Å². The Morgan fingerprint density at radius 1 is 1.21 bits per heavy atom. The van der Waals surface area contributed by atoms with Gasteiger partial charge in [0.2, 0.25) is 0 Å². The number of carbonyl (C=O) groups is 1. The smallest absolute Gasteiger partial charge is 0.348 e. The van der Waals surface area contributed by atoms with Crippen molar-refractivity contribution in [1.82, 2.24) is 4.57 Å². The van der Waals surface area contributed by atoms with Gasteiger partial charge in [-0.3, -0.25) is 0 Å². The summed E-state index contributed by atoms with van der Waals surface area (Å²) in [6.07, 6.45) is 3.22. The minimum Gasteiger partial charge on any atom is -1.00 e. The topological polar surface area (TPSA) is 83.9 Å². The molecule has 0 bridgehead atoms. The van der Waals surface area contributed by atoms with E-state index in [1.54, 1.807) is 12.1 Å². The average Bonchev–Trinajstić information content (AvgIpc) is 3.06. The van der Waals surface area contributed by atoms with Crippen LogP contribution in [0.1, 0.15) is 40.0 Å². The second-order valence-electron chi connectivity index (χ2n) is 9.55. The van der Waals surface area contributed by atoms with Crippen LogP contribution in [-0.4, -0.2) is 16.6 Å². The van der Waals surface area contributed by atoms with Crippen molar-refractivity contribution in [2.24, 2.45) is 29.9 Å². The van der Waals surface area contributed by atoms with Crippen molar-refractivity contribution >= 4 is 22.7 Å². The molecule has 4 rings (SSSR count). The van der Waals surface area contributed by atoms with Gasteiger partial charge in [-0.05, 0) is 60.4 Å². The Morgan fingerprint density at radius 3 is 2.59 bits per heavy atom. The van der Waals surface area contributed by atoms with Crippen LogP contribution >= 0.6 is 0 Å². The third-order valence-electron chi connectivity index (χ3n) is 6.92. The summed E-state index contributed by atoms with van der Waals surface area (Å²) in [7, 11) is 2.00. The first kappa shape index (κ1) is 26.0. The SMILES string of the molecule is CC(C)[C@@H]1CC[C@@H](C)CC1OC(=O)Cn1c(-c2ccc(N=[N+]=[N-])cc2)[n+](C)c2ccccc21.[I-]. The third-order valence-corrected chi connectivity index (χ3v) is 6.92. The van der Waals surface area contributed by atoms with Crippen molar-refractivity contribution in [3.63, 3.8) is 0 Å². The molecule has 3 aromatic rings. The quantitative estimate of drug-likeness (QED) is 0.113. The number of ether oxygens (including phenoxy) is 1. The van der Waals surface area contributed by atoms with Crippen LogP contribution in [0.25, 0.3) is 32.9 Å². The second-order valence-corrected chi connectivity index (χ2v) is 9.55. The molecular formula is C26H32IN5O2. The molecule has 8 heteroatoms. The van der Waals surface area contributed by atoms with Gasteiger partial charge in [0.15, 0.2) is 17.6 Å². The van der Waals surface area contributed by atoms with Crippen LogP contribution in [0.15, 0.2) is 53.6 Å². The molecule has 0 radical (unpaired) electrons. The molecule has 1 aliphatic rings. The van der Waals surface area contributed by atoms with E-state index in [0.717, 1.165) is 35.3 Å². The zero-order valence-corrected chi connectivity index (χ0v) is 22.3. The van der Waals surface area contributed by atoms with Crippen LogP contribution in [0.4, 0.5) is 5.69 Å². The van der Waals surface area contributed by atoms with E-state index < -0.39 is 0 Å². The summed E-state index contributed by atoms with van der Waals surface area (Å²) < 4.78 is 10.2. The van der Waals surface area contributed by atoms with Gasteiger partial charge >= 0.3 is 5.97 Å². The summed E-state index contributed by atoms with van der Waals surface area (Å²) in [5.41, 5.74) is 12.2. The molecule has 0 amide bonds. The Labute approximate surface area is 217 Å². The van der Waals surface area contributed by atoms with Crippen molar-refractivity contribution in [2.45, 2.75) is 52.7 Å². The molecule has 2 aromatic carbocycles. The van der Waals surface area contributed by atoms with Gasteiger partial charge < -0.3 is 28.7 Å². The molecule has 180 valence electrons. The number of nitrogens with zero attached hydrogens (tertiary/aromatic N) is 5. The first-order chi connectivity index (χ1) is 15.9. The average molecular weight is 573 g/mol. The molecule has 7 nitrogen and oxygen atoms in total. The van der Waals surface area contributed by atoms with E-state index in [9.17, 15) is 4.79 Å². The summed E-state index contributed by atoms with van der Waals surface area (Å²) in [6.45, 7) is 6.83. The maximum Gasteiger partial charge on any atom is 0.348 e. The summed E-state index contributed by atoms with van der Waals surface area (Å²) >= 11 is 0. The summed E-state index contributed by atoms with van der Waals surface area (Å²) in [4.78, 5) is 16.1. The number of para-hydroxylation sites is 2. The van der Waals surface area contributed by atoms with Crippen molar-refractivity contribution in [1.29, 1.82) is 0 Å². The van der Waals surface area contributed by atoms with Crippen LogP contribution in [0.3, 0.4) is 0 Å². The standard InChI is InChI=1S/C26H32N5O2.HI/c1-17(2)21-14-9-18(3)15-24(21)33-25(32)16-31-23-8-6-5-7-22(23)30(4)26(31)19-10-12-20(13-11-19)28-29-27;/h5-8,10-13,17-18,21,24H,9,14-16H2,1-4H3;1H/q+1;/p-1/t18-,21+,24?;/m1./s1. The third kappa shape index (κ3) is 5.39. The van der Waals surface area contributed by atoms with Crippen molar-refractivity contribution < 1.29 is 38.1 Å². The number of aryl methyl sites for hydroxylation is 1. The van der Waals surface area contributed by atoms with Gasteiger partial charge in [0.05, 0.1) is 12.6 Å². The number of hydrogen-bond donors (Lipinski definition) is 0. The number of fused-ring (bicyclic) bond motifs is 1. The molecule has 0 N–H and O–H groups in total. The van der Waals surface area contributed by atoms with Crippen LogP contribution in [0.2, 0.25) is 0 Å². The van der Waals surface area contributed by atoms with Gasteiger partial charge in [0.25, 0.3) is 5.82 Å². The van der Waals surface area contributed by atoms with Crippen molar-refractivity contribution in [3.05, 3.63) is 59.0 Å². The van der Waals surface area contributed by atoms with E-state index in [4.69, 9.17) is 10.3 Å². The fraction of sp³-hybridized carbons (Fsp3) is 0.462. The van der Waals surface area contributed by atoms with Crippen LogP contribution in [0, 0.1) is 17.8 Å². The fourth-order valence-corrected chi connectivity index (χ4v) is 5.21. The molecule has 1 aromatic heterocycles. The lowest BCUT2D eigenvalue weighted by molar-refractivity contribution is -0.634. The number of carbonyl (C=O) groups excluding carboxylic acids is 1. The van der Waals surface area contributed by atoms with E-state index >= 15 is 0 Å². The summed E-state index contributed by atoms with van der Waals surface area (Å²) in [6, 6.07) is 15.5.